The number of nitrogens with one attached hydrogen (secondary N) is 1. The Labute approximate surface area is 49.1 Å². The minimum absolute atomic E-state index is 0.338. The first-order valence-corrected chi connectivity index (χ1v) is 2.23. The average Bonchev–Trinajstić information content (AvgIpc) is 1.73. The summed E-state index contributed by atoms with van der Waals surface area (Å²) in [5.74, 6) is 0. The molecule has 0 aliphatic carbocycles. The smallest absolute Gasteiger partial charge is 0.163 e. The Hall–Kier alpha value is -0.350. The van der Waals surface area contributed by atoms with E-state index >= 15 is 0 Å². The van der Waals surface area contributed by atoms with E-state index in [0.29, 0.717) is 5.11 Å². The minimum atomic E-state index is 0.338. The van der Waals surface area contributed by atoms with E-state index in [-0.39, 0.29) is 0 Å². The molecule has 44 valence electrons. The lowest BCUT2D eigenvalue weighted by Gasteiger charge is -1.85. The summed E-state index contributed by atoms with van der Waals surface area (Å²) in [6.45, 7) is 0. The van der Waals surface area contributed by atoms with Gasteiger partial charge in [-0.3, -0.25) is 0 Å². The van der Waals surface area contributed by atoms with Crippen molar-refractivity contribution in [2.45, 2.75) is 0 Å². The summed E-state index contributed by atoms with van der Waals surface area (Å²) < 4.78 is 0. The molecule has 5 N–H and O–H groups in total. The molecule has 0 bridgehead atoms. The van der Waals surface area contributed by atoms with E-state index in [1.165, 1.54) is 7.05 Å². The Morgan fingerprint density at radius 2 is 1.71 bits per heavy atom. The van der Waals surface area contributed by atoms with Crippen LogP contribution < -0.4 is 16.8 Å². The quantitative estimate of drug-likeness (QED) is 0.361. The Balaban J connectivity index is 0. The summed E-state index contributed by atoms with van der Waals surface area (Å²) in [6.07, 6.45) is 0. The summed E-state index contributed by atoms with van der Waals surface area (Å²) in [5, 5.41) is 2.88. The van der Waals surface area contributed by atoms with Crippen molar-refractivity contribution in [1.29, 1.82) is 0 Å². The number of hydrogen-bond acceptors (Lipinski definition) is 2. The van der Waals surface area contributed by atoms with Crippen molar-refractivity contribution in [1.82, 2.24) is 5.32 Å². The van der Waals surface area contributed by atoms with Crippen LogP contribution in [0, 0.1) is 0 Å². The maximum Gasteiger partial charge on any atom is 0.163 e. The third-order valence-corrected chi connectivity index (χ3v) is 0.451. The molecule has 0 radical (unpaired) electrons. The molecule has 0 aromatic heterocycles. The Bertz CT molecular complexity index is 45.4. The monoisotopic (exact) mass is 121 g/mol. The Kier molecular flexibility index (Phi) is 12.9. The molecule has 0 saturated carbocycles. The van der Waals surface area contributed by atoms with Gasteiger partial charge in [0, 0.05) is 7.05 Å². The van der Waals surface area contributed by atoms with Crippen molar-refractivity contribution >= 4 is 17.3 Å². The lowest BCUT2D eigenvalue weighted by molar-refractivity contribution is 1.18. The van der Waals surface area contributed by atoms with E-state index in [1.54, 1.807) is 7.05 Å². The van der Waals surface area contributed by atoms with Crippen molar-refractivity contribution in [2.75, 3.05) is 14.1 Å². The molecule has 0 aliphatic heterocycles. The molecule has 3 nitrogen and oxygen atoms in total. The largest absolute Gasteiger partial charge is 0.376 e. The normalized spacial score (nSPS) is 5.57. The Morgan fingerprint density at radius 3 is 1.71 bits per heavy atom. The first-order chi connectivity index (χ1) is 3.27. The molecule has 0 aromatic carbocycles. The molecule has 0 atom stereocenters. The molecule has 0 unspecified atom stereocenters. The van der Waals surface area contributed by atoms with Gasteiger partial charge in [-0.2, -0.15) is 0 Å². The van der Waals surface area contributed by atoms with Crippen LogP contribution in [0.4, 0.5) is 0 Å². The van der Waals surface area contributed by atoms with Gasteiger partial charge >= 0.3 is 0 Å². The van der Waals surface area contributed by atoms with Crippen LogP contribution in [0.1, 0.15) is 0 Å². The second kappa shape index (κ2) is 9.17. The maximum absolute atomic E-state index is 4.91. The predicted molar refractivity (Wildman–Crippen MR) is 36.0 cm³/mol. The summed E-state index contributed by atoms with van der Waals surface area (Å²) in [4.78, 5) is 0. The molecule has 0 spiro atoms. The van der Waals surface area contributed by atoms with Gasteiger partial charge in [0.15, 0.2) is 5.11 Å². The third-order valence-electron chi connectivity index (χ3n) is 0.246. The van der Waals surface area contributed by atoms with Crippen LogP contribution in [0.15, 0.2) is 0 Å². The van der Waals surface area contributed by atoms with E-state index in [2.05, 4.69) is 23.3 Å². The van der Waals surface area contributed by atoms with E-state index < -0.39 is 0 Å². The molecular formula is C3H11N3S. The topological polar surface area (TPSA) is 64.1 Å². The summed E-state index contributed by atoms with van der Waals surface area (Å²) in [7, 11) is 3.18. The number of hydrogen-bond donors (Lipinski definition) is 3. The standard InChI is InChI=1S/C2H6N2S.CH5N/c1-4-2(3)5;1-2/h1H3,(H3,3,4,5);2H2,1H3. The van der Waals surface area contributed by atoms with Crippen molar-refractivity contribution in [2.24, 2.45) is 11.5 Å². The van der Waals surface area contributed by atoms with E-state index in [0.717, 1.165) is 0 Å². The SMILES string of the molecule is CN.CNC(N)=S. The van der Waals surface area contributed by atoms with Gasteiger partial charge in [0.05, 0.1) is 0 Å². The lowest BCUT2D eigenvalue weighted by atomic mass is 11.1. The molecule has 0 aliphatic rings. The van der Waals surface area contributed by atoms with Crippen LogP contribution in [0.2, 0.25) is 0 Å². The van der Waals surface area contributed by atoms with Gasteiger partial charge in [-0.05, 0) is 19.3 Å². The molecule has 0 saturated heterocycles. The highest BCUT2D eigenvalue weighted by Gasteiger charge is 1.66. The fourth-order valence-electron chi connectivity index (χ4n) is 0. The minimum Gasteiger partial charge on any atom is -0.376 e. The lowest BCUT2D eigenvalue weighted by Crippen LogP contribution is -2.24. The number of nitrogens with two attached hydrogens (primary N) is 2. The van der Waals surface area contributed by atoms with Gasteiger partial charge in [-0.25, -0.2) is 0 Å². The zero-order chi connectivity index (χ0) is 6.28. The van der Waals surface area contributed by atoms with Crippen LogP contribution in [-0.4, -0.2) is 19.2 Å². The van der Waals surface area contributed by atoms with Gasteiger partial charge in [0.25, 0.3) is 0 Å². The third kappa shape index (κ3) is 27.6. The summed E-state index contributed by atoms with van der Waals surface area (Å²) in [5.41, 5.74) is 9.41. The van der Waals surface area contributed by atoms with Crippen LogP contribution in [0.3, 0.4) is 0 Å². The second-order valence-corrected chi connectivity index (χ2v) is 1.05. The van der Waals surface area contributed by atoms with Gasteiger partial charge in [0.1, 0.15) is 0 Å². The zero-order valence-corrected chi connectivity index (χ0v) is 5.38. The van der Waals surface area contributed by atoms with E-state index in [9.17, 15) is 0 Å². The van der Waals surface area contributed by atoms with Gasteiger partial charge in [0.2, 0.25) is 0 Å². The molecule has 0 rings (SSSR count). The second-order valence-electron chi connectivity index (χ2n) is 0.614. The fraction of sp³-hybridized carbons (Fsp3) is 0.667. The molecule has 0 fully saturated rings. The molecule has 7 heavy (non-hydrogen) atoms. The molecule has 4 heteroatoms. The van der Waals surface area contributed by atoms with Gasteiger partial charge in [-0.15, -0.1) is 0 Å². The summed E-state index contributed by atoms with van der Waals surface area (Å²) in [6, 6.07) is 0. The molecule has 0 heterocycles. The summed E-state index contributed by atoms with van der Waals surface area (Å²) >= 11 is 4.36. The average molecular weight is 121 g/mol. The number of thiocarbonyl (C=S) groups is 1. The predicted octanol–water partition coefficient (Wildman–Crippen LogP) is -0.976. The van der Waals surface area contributed by atoms with Gasteiger partial charge in [-0.1, -0.05) is 0 Å². The molecule has 0 amide bonds. The zero-order valence-electron chi connectivity index (χ0n) is 4.56. The van der Waals surface area contributed by atoms with Crippen LogP contribution >= 0.6 is 12.2 Å². The van der Waals surface area contributed by atoms with E-state index in [1.807, 2.05) is 0 Å². The Morgan fingerprint density at radius 1 is 1.57 bits per heavy atom. The first-order valence-electron chi connectivity index (χ1n) is 1.82. The van der Waals surface area contributed by atoms with Crippen molar-refractivity contribution in [3.63, 3.8) is 0 Å². The molecular weight excluding hydrogens is 110 g/mol. The first kappa shape index (κ1) is 9.82. The fourth-order valence-corrected chi connectivity index (χ4v) is 0. The van der Waals surface area contributed by atoms with Gasteiger partial charge < -0.3 is 16.8 Å². The highest BCUT2D eigenvalue weighted by molar-refractivity contribution is 7.80. The van der Waals surface area contributed by atoms with Crippen LogP contribution in [-0.2, 0) is 0 Å². The van der Waals surface area contributed by atoms with E-state index in [4.69, 9.17) is 5.73 Å². The highest BCUT2D eigenvalue weighted by Crippen LogP contribution is 1.43. The number of rotatable bonds is 0. The molecule has 0 aromatic rings. The van der Waals surface area contributed by atoms with Crippen LogP contribution in [0.5, 0.6) is 0 Å². The van der Waals surface area contributed by atoms with Crippen molar-refractivity contribution < 1.29 is 0 Å². The van der Waals surface area contributed by atoms with Crippen molar-refractivity contribution in [3.05, 3.63) is 0 Å². The van der Waals surface area contributed by atoms with Crippen molar-refractivity contribution in [3.8, 4) is 0 Å². The van der Waals surface area contributed by atoms with Crippen LogP contribution in [0.25, 0.3) is 0 Å². The highest BCUT2D eigenvalue weighted by atomic mass is 32.1. The maximum atomic E-state index is 4.91.